The molecule has 0 aromatic heterocycles. The van der Waals surface area contributed by atoms with Gasteiger partial charge in [0.2, 0.25) is 0 Å². The summed E-state index contributed by atoms with van der Waals surface area (Å²) in [6.07, 6.45) is 6.12. The van der Waals surface area contributed by atoms with E-state index < -0.39 is 0 Å². The fourth-order valence-electron chi connectivity index (χ4n) is 1.26. The number of nitrogen functional groups attached to an aromatic ring is 1. The van der Waals surface area contributed by atoms with E-state index in [2.05, 4.69) is 0 Å². The zero-order valence-corrected chi connectivity index (χ0v) is 10.1. The van der Waals surface area contributed by atoms with Crippen molar-refractivity contribution in [1.82, 2.24) is 0 Å². The molecule has 0 fully saturated rings. The van der Waals surface area contributed by atoms with Crippen molar-refractivity contribution in [2.75, 3.05) is 5.73 Å². The smallest absolute Gasteiger partial charge is 0.115 e. The number of hydrogen-bond donors (Lipinski definition) is 1. The Morgan fingerprint density at radius 3 is 2.38 bits per heavy atom. The zero-order chi connectivity index (χ0) is 12.0. The number of rotatable bonds is 4. The highest BCUT2D eigenvalue weighted by Crippen LogP contribution is 2.10. The third-order valence-corrected chi connectivity index (χ3v) is 2.03. The summed E-state index contributed by atoms with van der Waals surface area (Å²) < 4.78 is 5.59. The Balaban J connectivity index is 2.68. The molecule has 1 aromatic carbocycles. The fraction of sp³-hybridized carbons (Fsp3) is 0.286. The molecular weight excluding hydrogens is 198 g/mol. The van der Waals surface area contributed by atoms with Gasteiger partial charge in [0.25, 0.3) is 0 Å². The van der Waals surface area contributed by atoms with Gasteiger partial charge in [-0.05, 0) is 50.6 Å². The van der Waals surface area contributed by atoms with E-state index in [4.69, 9.17) is 10.5 Å². The number of nitrogens with two attached hydrogens (primary N) is 1. The van der Waals surface area contributed by atoms with Crippen molar-refractivity contribution in [3.63, 3.8) is 0 Å². The van der Waals surface area contributed by atoms with Crippen molar-refractivity contribution in [3.8, 4) is 0 Å². The lowest BCUT2D eigenvalue weighted by molar-refractivity contribution is 0.157. The molecule has 0 atom stereocenters. The molecule has 0 radical (unpaired) electrons. The maximum Gasteiger partial charge on any atom is 0.115 e. The summed E-state index contributed by atoms with van der Waals surface area (Å²) in [7, 11) is 0. The van der Waals surface area contributed by atoms with Gasteiger partial charge in [0.15, 0.2) is 0 Å². The van der Waals surface area contributed by atoms with Crippen LogP contribution in [-0.4, -0.2) is 6.10 Å². The van der Waals surface area contributed by atoms with Crippen LogP contribution >= 0.6 is 0 Å². The summed E-state index contributed by atoms with van der Waals surface area (Å²) in [6.45, 7) is 5.99. The number of hydrogen-bond acceptors (Lipinski definition) is 2. The fourth-order valence-corrected chi connectivity index (χ4v) is 1.26. The molecule has 16 heavy (non-hydrogen) atoms. The first-order valence-corrected chi connectivity index (χ1v) is 5.48. The van der Waals surface area contributed by atoms with E-state index >= 15 is 0 Å². The number of anilines is 1. The van der Waals surface area contributed by atoms with Crippen molar-refractivity contribution in [1.29, 1.82) is 0 Å². The van der Waals surface area contributed by atoms with Crippen LogP contribution < -0.4 is 5.73 Å². The minimum atomic E-state index is 0.197. The molecule has 0 aliphatic rings. The minimum absolute atomic E-state index is 0.197. The SMILES string of the molecule is CC=C(/C=C/c1ccc(N)cc1)OC(C)C. The molecule has 86 valence electrons. The van der Waals surface area contributed by atoms with Crippen LogP contribution in [0.2, 0.25) is 0 Å². The Morgan fingerprint density at radius 1 is 1.25 bits per heavy atom. The van der Waals surface area contributed by atoms with E-state index in [9.17, 15) is 0 Å². The Morgan fingerprint density at radius 2 is 1.88 bits per heavy atom. The second-order valence-electron chi connectivity index (χ2n) is 3.86. The Kier molecular flexibility index (Phi) is 4.65. The molecule has 1 rings (SSSR count). The van der Waals surface area contributed by atoms with Crippen LogP contribution in [0.1, 0.15) is 26.3 Å². The van der Waals surface area contributed by atoms with Crippen molar-refractivity contribution >= 4 is 11.8 Å². The van der Waals surface area contributed by atoms with Crippen molar-refractivity contribution in [2.45, 2.75) is 26.9 Å². The summed E-state index contributed by atoms with van der Waals surface area (Å²) >= 11 is 0. The van der Waals surface area contributed by atoms with Gasteiger partial charge in [0.1, 0.15) is 5.76 Å². The summed E-state index contributed by atoms with van der Waals surface area (Å²) in [5.74, 6) is 0.881. The maximum atomic E-state index is 5.61. The van der Waals surface area contributed by atoms with E-state index in [-0.39, 0.29) is 6.10 Å². The van der Waals surface area contributed by atoms with Crippen molar-refractivity contribution in [2.24, 2.45) is 0 Å². The van der Waals surface area contributed by atoms with Crippen molar-refractivity contribution in [3.05, 3.63) is 47.7 Å². The van der Waals surface area contributed by atoms with Crippen LogP contribution in [0, 0.1) is 0 Å². The van der Waals surface area contributed by atoms with Gasteiger partial charge < -0.3 is 10.5 Å². The molecule has 0 aliphatic carbocycles. The van der Waals surface area contributed by atoms with E-state index in [1.807, 2.05) is 63.3 Å². The Bertz CT molecular complexity index is 374. The standard InChI is InChI=1S/C14H19NO/c1-4-14(16-11(2)3)10-7-12-5-8-13(15)9-6-12/h4-11H,15H2,1-3H3/b10-7+,14-4?. The summed E-state index contributed by atoms with van der Waals surface area (Å²) in [6, 6.07) is 7.74. The average molecular weight is 217 g/mol. The van der Waals surface area contributed by atoms with Crippen LogP contribution in [0.25, 0.3) is 6.08 Å². The first-order valence-electron chi connectivity index (χ1n) is 5.48. The quantitative estimate of drug-likeness (QED) is 0.475. The molecule has 0 spiro atoms. The number of ether oxygens (including phenoxy) is 1. The molecular formula is C14H19NO. The molecule has 0 unspecified atom stereocenters. The summed E-state index contributed by atoms with van der Waals surface area (Å²) in [5, 5.41) is 0. The van der Waals surface area contributed by atoms with E-state index in [0.717, 1.165) is 17.0 Å². The molecule has 0 amide bonds. The lowest BCUT2D eigenvalue weighted by atomic mass is 10.2. The molecule has 0 bridgehead atoms. The van der Waals surface area contributed by atoms with Gasteiger partial charge in [-0.1, -0.05) is 18.2 Å². The third kappa shape index (κ3) is 4.22. The molecule has 0 heterocycles. The van der Waals surface area contributed by atoms with Gasteiger partial charge in [-0.2, -0.15) is 0 Å². The molecule has 2 N–H and O–H groups in total. The summed E-state index contributed by atoms with van der Waals surface area (Å²) in [4.78, 5) is 0. The predicted octanol–water partition coefficient (Wildman–Crippen LogP) is 3.61. The van der Waals surface area contributed by atoms with E-state index in [1.54, 1.807) is 0 Å². The van der Waals surface area contributed by atoms with Gasteiger partial charge >= 0.3 is 0 Å². The lowest BCUT2D eigenvalue weighted by Crippen LogP contribution is -2.00. The average Bonchev–Trinajstić information content (AvgIpc) is 2.26. The van der Waals surface area contributed by atoms with Gasteiger partial charge in [-0.25, -0.2) is 0 Å². The van der Waals surface area contributed by atoms with Gasteiger partial charge in [0.05, 0.1) is 6.10 Å². The number of benzene rings is 1. The van der Waals surface area contributed by atoms with E-state index in [1.165, 1.54) is 0 Å². The highest BCUT2D eigenvalue weighted by Gasteiger charge is 1.95. The second kappa shape index (κ2) is 6.01. The normalized spacial score (nSPS) is 12.4. The van der Waals surface area contributed by atoms with Crippen LogP contribution in [0.3, 0.4) is 0 Å². The zero-order valence-electron chi connectivity index (χ0n) is 10.1. The maximum absolute atomic E-state index is 5.61. The highest BCUT2D eigenvalue weighted by molar-refractivity contribution is 5.55. The molecule has 2 nitrogen and oxygen atoms in total. The Hall–Kier alpha value is -1.70. The van der Waals surface area contributed by atoms with Crippen LogP contribution in [0.5, 0.6) is 0 Å². The lowest BCUT2D eigenvalue weighted by Gasteiger charge is -2.09. The van der Waals surface area contributed by atoms with Crippen molar-refractivity contribution < 1.29 is 4.74 Å². The monoisotopic (exact) mass is 217 g/mol. The number of allylic oxidation sites excluding steroid dienone is 2. The van der Waals surface area contributed by atoms with Gasteiger partial charge in [0, 0.05) is 5.69 Å². The summed E-state index contributed by atoms with van der Waals surface area (Å²) in [5.41, 5.74) is 7.51. The van der Waals surface area contributed by atoms with Crippen LogP contribution in [0.15, 0.2) is 42.2 Å². The first kappa shape index (κ1) is 12.4. The first-order chi connectivity index (χ1) is 7.61. The van der Waals surface area contributed by atoms with Crippen LogP contribution in [0.4, 0.5) is 5.69 Å². The molecule has 0 aliphatic heterocycles. The molecule has 2 heteroatoms. The van der Waals surface area contributed by atoms with Gasteiger partial charge in [-0.15, -0.1) is 0 Å². The highest BCUT2D eigenvalue weighted by atomic mass is 16.5. The molecule has 0 saturated heterocycles. The molecule has 0 saturated carbocycles. The Labute approximate surface area is 97.4 Å². The third-order valence-electron chi connectivity index (χ3n) is 2.03. The van der Waals surface area contributed by atoms with E-state index in [0.29, 0.717) is 0 Å². The minimum Gasteiger partial charge on any atom is -0.491 e. The van der Waals surface area contributed by atoms with Gasteiger partial charge in [-0.3, -0.25) is 0 Å². The van der Waals surface area contributed by atoms with Crippen LogP contribution in [-0.2, 0) is 4.74 Å². The predicted molar refractivity (Wildman–Crippen MR) is 69.9 cm³/mol. The largest absolute Gasteiger partial charge is 0.491 e. The topological polar surface area (TPSA) is 35.2 Å². The second-order valence-corrected chi connectivity index (χ2v) is 3.86. The molecule has 1 aromatic rings.